The van der Waals surface area contributed by atoms with Crippen LogP contribution in [-0.4, -0.2) is 75.1 Å². The van der Waals surface area contributed by atoms with E-state index < -0.39 is 23.9 Å². The molecule has 0 saturated carbocycles. The Morgan fingerprint density at radius 1 is 1.08 bits per heavy atom. The highest BCUT2D eigenvalue weighted by molar-refractivity contribution is 7.12. The van der Waals surface area contributed by atoms with Gasteiger partial charge in [-0.05, 0) is 35.2 Å². The molecule has 38 heavy (non-hydrogen) atoms. The van der Waals surface area contributed by atoms with Crippen molar-refractivity contribution in [3.05, 3.63) is 88.5 Å². The molecule has 10 nitrogen and oxygen atoms in total. The largest absolute Gasteiger partial charge is 0.368 e. The molecule has 0 bridgehead atoms. The van der Waals surface area contributed by atoms with Gasteiger partial charge in [-0.15, -0.1) is 11.3 Å². The molecule has 5 rings (SSSR count). The quantitative estimate of drug-likeness (QED) is 0.334. The summed E-state index contributed by atoms with van der Waals surface area (Å²) in [5.74, 6) is -1.84. The first-order chi connectivity index (χ1) is 18.4. The maximum atomic E-state index is 13.6. The first-order valence-corrected chi connectivity index (χ1v) is 13.0. The Labute approximate surface area is 222 Å². The Kier molecular flexibility index (Phi) is 7.18. The summed E-state index contributed by atoms with van der Waals surface area (Å²) in [7, 11) is 0. The van der Waals surface area contributed by atoms with Crippen LogP contribution >= 0.6 is 11.3 Å². The van der Waals surface area contributed by atoms with E-state index in [1.54, 1.807) is 42.0 Å². The molecule has 3 aromatic heterocycles. The van der Waals surface area contributed by atoms with Crippen LogP contribution in [0.5, 0.6) is 0 Å². The van der Waals surface area contributed by atoms with Gasteiger partial charge in [-0.3, -0.25) is 24.2 Å². The molecular weight excluding hydrogens is 504 g/mol. The lowest BCUT2D eigenvalue weighted by Gasteiger charge is -2.40. The van der Waals surface area contributed by atoms with Crippen LogP contribution < -0.4 is 11.1 Å². The number of primary amides is 1. The molecule has 2 atom stereocenters. The number of benzene rings is 1. The number of para-hydroxylation sites is 1. The second kappa shape index (κ2) is 10.9. The number of carbonyl (C=O) groups excluding carboxylic acids is 4. The molecule has 0 radical (unpaired) electrons. The number of aromatic amines is 1. The van der Waals surface area contributed by atoms with Crippen molar-refractivity contribution >= 4 is 45.9 Å². The van der Waals surface area contributed by atoms with Gasteiger partial charge in [-0.1, -0.05) is 24.3 Å². The SMILES string of the molecule is NC(=O)[C@@H](Cc1c[nH]c2ccccc12)NC(=O)[C@@H]1CN(C(=O)c2cccnc2)CCN1C(=O)c1cccs1. The van der Waals surface area contributed by atoms with E-state index in [4.69, 9.17) is 5.73 Å². The molecule has 11 heteroatoms. The van der Waals surface area contributed by atoms with Crippen molar-refractivity contribution in [2.24, 2.45) is 5.73 Å². The zero-order valence-corrected chi connectivity index (χ0v) is 21.2. The molecule has 1 aliphatic heterocycles. The molecule has 0 spiro atoms. The van der Waals surface area contributed by atoms with Crippen molar-refractivity contribution < 1.29 is 19.2 Å². The average molecular weight is 531 g/mol. The van der Waals surface area contributed by atoms with Crippen molar-refractivity contribution in [3.8, 4) is 0 Å². The van der Waals surface area contributed by atoms with Crippen LogP contribution in [0.1, 0.15) is 25.6 Å². The van der Waals surface area contributed by atoms with Crippen molar-refractivity contribution in [1.82, 2.24) is 25.1 Å². The number of hydrogen-bond donors (Lipinski definition) is 3. The molecule has 1 saturated heterocycles. The summed E-state index contributed by atoms with van der Waals surface area (Å²) in [5.41, 5.74) is 7.80. The standard InChI is InChI=1S/C27H26N6O4S/c28-24(34)21(13-18-15-30-20-7-2-1-6-19(18)20)31-25(35)22-16-32(26(36)17-5-3-9-29-14-17)10-11-33(22)27(37)23-8-4-12-38-23/h1-9,12,14-15,21-22,30H,10-11,13,16H2,(H2,28,34)(H,31,35)/t21-,22+/m1/s1. The van der Waals surface area contributed by atoms with Crippen molar-refractivity contribution in [3.63, 3.8) is 0 Å². The summed E-state index contributed by atoms with van der Waals surface area (Å²) in [4.78, 5) is 63.0. The Hall–Kier alpha value is -4.51. The molecule has 4 aromatic rings. The number of fused-ring (bicyclic) bond motifs is 1. The van der Waals surface area contributed by atoms with Crippen LogP contribution in [0.2, 0.25) is 0 Å². The van der Waals surface area contributed by atoms with Crippen LogP contribution in [0.25, 0.3) is 10.9 Å². The molecule has 1 aromatic carbocycles. The zero-order valence-electron chi connectivity index (χ0n) is 20.4. The number of thiophene rings is 1. The highest BCUT2D eigenvalue weighted by atomic mass is 32.1. The van der Waals surface area contributed by atoms with Crippen LogP contribution in [0.3, 0.4) is 0 Å². The van der Waals surface area contributed by atoms with Crippen molar-refractivity contribution in [1.29, 1.82) is 0 Å². The lowest BCUT2D eigenvalue weighted by Crippen LogP contribution is -2.63. The number of nitrogens with two attached hydrogens (primary N) is 1. The number of pyridine rings is 1. The van der Waals surface area contributed by atoms with Crippen LogP contribution in [0.4, 0.5) is 0 Å². The zero-order chi connectivity index (χ0) is 26.6. The maximum Gasteiger partial charge on any atom is 0.264 e. The average Bonchev–Trinajstić information content (AvgIpc) is 3.63. The minimum absolute atomic E-state index is 0.0325. The van der Waals surface area contributed by atoms with Gasteiger partial charge in [0.2, 0.25) is 11.8 Å². The third-order valence-electron chi connectivity index (χ3n) is 6.63. The molecule has 1 aliphatic rings. The highest BCUT2D eigenvalue weighted by Crippen LogP contribution is 2.21. The van der Waals surface area contributed by atoms with Gasteiger partial charge in [0, 0.05) is 49.0 Å². The fraction of sp³-hybridized carbons (Fsp3) is 0.222. The third-order valence-corrected chi connectivity index (χ3v) is 7.49. The van der Waals surface area contributed by atoms with E-state index in [9.17, 15) is 19.2 Å². The number of carbonyl (C=O) groups is 4. The first kappa shape index (κ1) is 25.2. The lowest BCUT2D eigenvalue weighted by molar-refractivity contribution is -0.131. The molecule has 4 N–H and O–H groups in total. The number of rotatable bonds is 7. The normalized spacial score (nSPS) is 16.3. The van der Waals surface area contributed by atoms with E-state index in [0.29, 0.717) is 10.4 Å². The molecular formula is C27H26N6O4S. The summed E-state index contributed by atoms with van der Waals surface area (Å²) >= 11 is 1.28. The molecule has 4 amide bonds. The fourth-order valence-corrected chi connectivity index (χ4v) is 5.34. The summed E-state index contributed by atoms with van der Waals surface area (Å²) in [6, 6.07) is 12.4. The van der Waals surface area contributed by atoms with Crippen LogP contribution in [0, 0.1) is 0 Å². The molecule has 4 heterocycles. The molecule has 0 aliphatic carbocycles. The van der Waals surface area contributed by atoms with Crippen LogP contribution in [0.15, 0.2) is 72.5 Å². The van der Waals surface area contributed by atoms with E-state index in [1.807, 2.05) is 24.3 Å². The third kappa shape index (κ3) is 5.14. The Morgan fingerprint density at radius 2 is 1.92 bits per heavy atom. The van der Waals surface area contributed by atoms with Gasteiger partial charge in [-0.2, -0.15) is 0 Å². The monoisotopic (exact) mass is 530 g/mol. The lowest BCUT2D eigenvalue weighted by atomic mass is 10.0. The number of amides is 4. The highest BCUT2D eigenvalue weighted by Gasteiger charge is 2.39. The second-order valence-electron chi connectivity index (χ2n) is 9.01. The van der Waals surface area contributed by atoms with Gasteiger partial charge in [0.15, 0.2) is 0 Å². The van der Waals surface area contributed by atoms with E-state index in [1.165, 1.54) is 27.3 Å². The van der Waals surface area contributed by atoms with Gasteiger partial charge >= 0.3 is 0 Å². The van der Waals surface area contributed by atoms with Gasteiger partial charge in [0.05, 0.1) is 17.0 Å². The minimum atomic E-state index is -1.01. The van der Waals surface area contributed by atoms with Gasteiger partial charge in [-0.25, -0.2) is 0 Å². The Bertz CT molecular complexity index is 1470. The number of aromatic nitrogens is 2. The fourth-order valence-electron chi connectivity index (χ4n) is 4.66. The molecule has 194 valence electrons. The first-order valence-electron chi connectivity index (χ1n) is 12.1. The summed E-state index contributed by atoms with van der Waals surface area (Å²) < 4.78 is 0. The van der Waals surface area contributed by atoms with Gasteiger partial charge in [0.25, 0.3) is 11.8 Å². The smallest absolute Gasteiger partial charge is 0.264 e. The van der Waals surface area contributed by atoms with Crippen molar-refractivity contribution in [2.45, 2.75) is 18.5 Å². The van der Waals surface area contributed by atoms with Crippen LogP contribution in [-0.2, 0) is 16.0 Å². The van der Waals surface area contributed by atoms with Gasteiger partial charge < -0.3 is 25.8 Å². The Morgan fingerprint density at radius 3 is 2.66 bits per heavy atom. The van der Waals surface area contributed by atoms with E-state index in [-0.39, 0.29) is 37.9 Å². The second-order valence-corrected chi connectivity index (χ2v) is 9.96. The van der Waals surface area contributed by atoms with E-state index >= 15 is 0 Å². The van der Waals surface area contributed by atoms with Crippen molar-refractivity contribution in [2.75, 3.05) is 19.6 Å². The number of nitrogens with one attached hydrogen (secondary N) is 2. The Balaban J connectivity index is 1.38. The number of hydrogen-bond acceptors (Lipinski definition) is 6. The minimum Gasteiger partial charge on any atom is -0.368 e. The topological polar surface area (TPSA) is 141 Å². The summed E-state index contributed by atoms with van der Waals surface area (Å²) in [5, 5.41) is 5.46. The maximum absolute atomic E-state index is 13.6. The summed E-state index contributed by atoms with van der Waals surface area (Å²) in [6.07, 6.45) is 5.00. The predicted molar refractivity (Wildman–Crippen MR) is 142 cm³/mol. The van der Waals surface area contributed by atoms with Gasteiger partial charge in [0.1, 0.15) is 12.1 Å². The van der Waals surface area contributed by atoms with E-state index in [0.717, 1.165) is 16.5 Å². The number of piperazine rings is 1. The predicted octanol–water partition coefficient (Wildman–Crippen LogP) is 1.80. The summed E-state index contributed by atoms with van der Waals surface area (Å²) in [6.45, 7) is 0.378. The molecule has 1 fully saturated rings. The number of nitrogens with zero attached hydrogens (tertiary/aromatic N) is 3. The number of H-pyrrole nitrogens is 1. The van der Waals surface area contributed by atoms with E-state index in [2.05, 4.69) is 15.3 Å². The molecule has 0 unspecified atom stereocenters.